The van der Waals surface area contributed by atoms with Crippen LogP contribution in [0.15, 0.2) is 24.8 Å². The number of rotatable bonds is 0. The summed E-state index contributed by atoms with van der Waals surface area (Å²) in [6, 6.07) is 0. The molecule has 0 spiro atoms. The van der Waals surface area contributed by atoms with Gasteiger partial charge in [-0.2, -0.15) is 4.73 Å². The van der Waals surface area contributed by atoms with Crippen LogP contribution in [0.5, 0.6) is 0 Å². The molecule has 2 aliphatic rings. The van der Waals surface area contributed by atoms with Gasteiger partial charge in [0.15, 0.2) is 0 Å². The van der Waals surface area contributed by atoms with Crippen LogP contribution in [0.4, 0.5) is 0 Å². The van der Waals surface area contributed by atoms with Gasteiger partial charge in [0.05, 0.1) is 18.6 Å². The zero-order chi connectivity index (χ0) is 6.97. The van der Waals surface area contributed by atoms with Gasteiger partial charge in [0, 0.05) is 6.20 Å². The smallest absolute Gasteiger partial charge is 0.125 e. The van der Waals surface area contributed by atoms with Gasteiger partial charge < -0.3 is 5.21 Å². The Morgan fingerprint density at radius 2 is 2.30 bits per heavy atom. The summed E-state index contributed by atoms with van der Waals surface area (Å²) in [6.45, 7) is 0. The number of fused-ring (bicyclic) bond motifs is 1. The molecule has 2 aliphatic heterocycles. The second kappa shape index (κ2) is 1.70. The third kappa shape index (κ3) is 0.556. The molecule has 10 heavy (non-hydrogen) atoms. The van der Waals surface area contributed by atoms with Crippen molar-refractivity contribution >= 4 is 0 Å². The summed E-state index contributed by atoms with van der Waals surface area (Å²) in [5, 5.41) is 9.10. The van der Waals surface area contributed by atoms with Crippen molar-refractivity contribution in [1.29, 1.82) is 0 Å². The fraction of sp³-hybridized carbons (Fsp3) is 0. The third-order valence-electron chi connectivity index (χ3n) is 1.32. The van der Waals surface area contributed by atoms with E-state index in [4.69, 9.17) is 5.21 Å². The fourth-order valence-corrected chi connectivity index (χ4v) is 0.844. The molecule has 1 N–H and O–H groups in total. The molecule has 0 aromatic heterocycles. The third-order valence-corrected chi connectivity index (χ3v) is 1.32. The van der Waals surface area contributed by atoms with Gasteiger partial charge in [0.25, 0.3) is 0 Å². The Labute approximate surface area is 57.1 Å². The SMILES string of the molecule is On1ccnc2cncc1-2. The van der Waals surface area contributed by atoms with Gasteiger partial charge in [-0.1, -0.05) is 0 Å². The lowest BCUT2D eigenvalue weighted by Crippen LogP contribution is -1.96. The molecule has 0 amide bonds. The molecule has 2 rings (SSSR count). The van der Waals surface area contributed by atoms with Gasteiger partial charge in [-0.05, 0) is 0 Å². The van der Waals surface area contributed by atoms with Crippen molar-refractivity contribution in [2.75, 3.05) is 0 Å². The molecular formula is C6H5N3O. The molecule has 0 aliphatic carbocycles. The molecule has 0 saturated carbocycles. The molecule has 4 nitrogen and oxygen atoms in total. The van der Waals surface area contributed by atoms with Crippen molar-refractivity contribution in [2.24, 2.45) is 0 Å². The molecule has 0 aromatic rings. The first-order chi connectivity index (χ1) is 4.88. The number of hydrogen-bond donors (Lipinski definition) is 1. The second-order valence-corrected chi connectivity index (χ2v) is 1.95. The summed E-state index contributed by atoms with van der Waals surface area (Å²) in [7, 11) is 0. The van der Waals surface area contributed by atoms with E-state index < -0.39 is 0 Å². The number of aromatic nitrogens is 3. The lowest BCUT2D eigenvalue weighted by molar-refractivity contribution is 0.188. The van der Waals surface area contributed by atoms with Gasteiger partial charge in [-0.15, -0.1) is 0 Å². The lowest BCUT2D eigenvalue weighted by Gasteiger charge is -2.00. The second-order valence-electron chi connectivity index (χ2n) is 1.95. The summed E-state index contributed by atoms with van der Waals surface area (Å²) in [6.07, 6.45) is 6.14. The van der Waals surface area contributed by atoms with Gasteiger partial charge in [0.1, 0.15) is 11.4 Å². The summed E-state index contributed by atoms with van der Waals surface area (Å²) in [5.74, 6) is 0. The highest BCUT2D eigenvalue weighted by Crippen LogP contribution is 2.14. The Morgan fingerprint density at radius 1 is 1.40 bits per heavy atom. The fourth-order valence-electron chi connectivity index (χ4n) is 0.844. The first-order valence-corrected chi connectivity index (χ1v) is 2.84. The van der Waals surface area contributed by atoms with Crippen LogP contribution in [0.2, 0.25) is 0 Å². The van der Waals surface area contributed by atoms with Gasteiger partial charge in [-0.25, -0.2) is 0 Å². The maximum atomic E-state index is 9.10. The van der Waals surface area contributed by atoms with Crippen molar-refractivity contribution in [3.05, 3.63) is 24.8 Å². The zero-order valence-electron chi connectivity index (χ0n) is 5.10. The zero-order valence-corrected chi connectivity index (χ0v) is 5.10. The van der Waals surface area contributed by atoms with Crippen molar-refractivity contribution < 1.29 is 5.21 Å². The monoisotopic (exact) mass is 135 g/mol. The molecular weight excluding hydrogens is 130 g/mol. The van der Waals surface area contributed by atoms with E-state index in [2.05, 4.69) is 9.97 Å². The van der Waals surface area contributed by atoms with Crippen LogP contribution >= 0.6 is 0 Å². The van der Waals surface area contributed by atoms with Gasteiger partial charge >= 0.3 is 0 Å². The minimum absolute atomic E-state index is 0.627. The van der Waals surface area contributed by atoms with E-state index in [-0.39, 0.29) is 0 Å². The van der Waals surface area contributed by atoms with Crippen LogP contribution in [-0.2, 0) is 0 Å². The van der Waals surface area contributed by atoms with E-state index >= 15 is 0 Å². The van der Waals surface area contributed by atoms with Gasteiger partial charge in [-0.3, -0.25) is 9.97 Å². The first kappa shape index (κ1) is 5.22. The number of nitrogens with zero attached hydrogens (tertiary/aromatic N) is 3. The summed E-state index contributed by atoms with van der Waals surface area (Å²) in [5.41, 5.74) is 1.33. The molecule has 0 aromatic carbocycles. The van der Waals surface area contributed by atoms with E-state index in [0.717, 1.165) is 4.73 Å². The van der Waals surface area contributed by atoms with Gasteiger partial charge in [0.2, 0.25) is 0 Å². The standard InChI is InChI=1S/C6H5N3O/c10-9-2-1-8-5-3-7-4-6(5)9/h1-4,10H. The van der Waals surface area contributed by atoms with Crippen LogP contribution in [0.25, 0.3) is 11.4 Å². The van der Waals surface area contributed by atoms with E-state index in [1.54, 1.807) is 12.4 Å². The Hall–Kier alpha value is -1.58. The Morgan fingerprint density at radius 3 is 3.10 bits per heavy atom. The van der Waals surface area contributed by atoms with Crippen LogP contribution < -0.4 is 0 Å². The topological polar surface area (TPSA) is 50.9 Å². The summed E-state index contributed by atoms with van der Waals surface area (Å²) >= 11 is 0. The Bertz CT molecular complexity index is 317. The summed E-state index contributed by atoms with van der Waals surface area (Å²) < 4.78 is 0.995. The van der Waals surface area contributed by atoms with E-state index in [9.17, 15) is 0 Å². The van der Waals surface area contributed by atoms with Crippen LogP contribution in [0, 0.1) is 0 Å². The molecule has 0 saturated heterocycles. The van der Waals surface area contributed by atoms with Crippen LogP contribution in [0.3, 0.4) is 0 Å². The molecule has 0 atom stereocenters. The minimum atomic E-state index is 0.627. The maximum absolute atomic E-state index is 9.10. The average Bonchev–Trinajstić information content (AvgIpc) is 2.36. The predicted octanol–water partition coefficient (Wildman–Crippen LogP) is 0.620. The van der Waals surface area contributed by atoms with E-state index in [1.165, 1.54) is 12.4 Å². The minimum Gasteiger partial charge on any atom is -0.428 e. The highest BCUT2D eigenvalue weighted by molar-refractivity contribution is 5.53. The Balaban J connectivity index is 2.80. The summed E-state index contributed by atoms with van der Waals surface area (Å²) in [4.78, 5) is 7.78. The molecule has 0 bridgehead atoms. The molecule has 2 heterocycles. The van der Waals surface area contributed by atoms with Crippen LogP contribution in [-0.4, -0.2) is 19.9 Å². The molecule has 0 fully saturated rings. The van der Waals surface area contributed by atoms with Crippen molar-refractivity contribution in [3.8, 4) is 11.4 Å². The molecule has 50 valence electrons. The van der Waals surface area contributed by atoms with Crippen molar-refractivity contribution in [3.63, 3.8) is 0 Å². The largest absolute Gasteiger partial charge is 0.428 e. The highest BCUT2D eigenvalue weighted by Gasteiger charge is 2.05. The Kier molecular flexibility index (Phi) is 0.887. The van der Waals surface area contributed by atoms with Crippen LogP contribution in [0.1, 0.15) is 0 Å². The number of hydrogen-bond acceptors (Lipinski definition) is 3. The van der Waals surface area contributed by atoms with E-state index in [0.29, 0.717) is 11.4 Å². The lowest BCUT2D eigenvalue weighted by atomic mass is 10.4. The average molecular weight is 135 g/mol. The quantitative estimate of drug-likeness (QED) is 0.539. The molecule has 0 radical (unpaired) electrons. The maximum Gasteiger partial charge on any atom is 0.125 e. The molecule has 0 unspecified atom stereocenters. The predicted molar refractivity (Wildman–Crippen MR) is 33.8 cm³/mol. The van der Waals surface area contributed by atoms with E-state index in [1.807, 2.05) is 0 Å². The first-order valence-electron chi connectivity index (χ1n) is 2.84. The van der Waals surface area contributed by atoms with Crippen molar-refractivity contribution in [2.45, 2.75) is 0 Å². The van der Waals surface area contributed by atoms with Crippen molar-refractivity contribution in [1.82, 2.24) is 14.7 Å². The highest BCUT2D eigenvalue weighted by atomic mass is 16.5. The molecule has 4 heteroatoms. The normalized spacial score (nSPS) is 10.4.